The minimum Gasteiger partial charge on any atom is -0.396 e. The zero-order chi connectivity index (χ0) is 9.40. The molecule has 1 aliphatic heterocycles. The third-order valence-corrected chi connectivity index (χ3v) is 1.49. The van der Waals surface area contributed by atoms with Crippen LogP contribution in [0.25, 0.3) is 0 Å². The van der Waals surface area contributed by atoms with Gasteiger partial charge in [-0.2, -0.15) is 0 Å². The fourth-order valence-corrected chi connectivity index (χ4v) is 0.862. The Morgan fingerprint density at radius 1 is 1.67 bits per heavy atom. The van der Waals surface area contributed by atoms with E-state index >= 15 is 0 Å². The molecule has 3 heteroatoms. The lowest BCUT2D eigenvalue weighted by atomic mass is 10.4. The number of nitrogens with zero attached hydrogens (tertiary/aromatic N) is 1. The number of likely N-dealkylation sites (tertiary alicyclic amines) is 1. The van der Waals surface area contributed by atoms with Crippen molar-refractivity contribution in [3.63, 3.8) is 0 Å². The molecule has 1 amide bonds. The van der Waals surface area contributed by atoms with Crippen LogP contribution >= 0.6 is 0 Å². The summed E-state index contributed by atoms with van der Waals surface area (Å²) < 4.78 is 0. The molecule has 0 aliphatic carbocycles. The minimum absolute atomic E-state index is 0.208. The highest BCUT2D eigenvalue weighted by Crippen LogP contribution is 2.08. The lowest BCUT2D eigenvalue weighted by molar-refractivity contribution is -0.125. The van der Waals surface area contributed by atoms with Crippen molar-refractivity contribution in [2.45, 2.75) is 19.3 Å². The van der Waals surface area contributed by atoms with Crippen molar-refractivity contribution in [1.29, 1.82) is 0 Å². The van der Waals surface area contributed by atoms with Crippen LogP contribution in [-0.2, 0) is 4.79 Å². The van der Waals surface area contributed by atoms with Crippen LogP contribution in [-0.4, -0.2) is 29.1 Å². The first-order valence-corrected chi connectivity index (χ1v) is 4.08. The van der Waals surface area contributed by atoms with Crippen molar-refractivity contribution < 1.29 is 9.90 Å². The number of hydrogen-bond donors (Lipinski definition) is 1. The Hall–Kier alpha value is -0.830. The van der Waals surface area contributed by atoms with Crippen LogP contribution in [0.15, 0.2) is 12.8 Å². The van der Waals surface area contributed by atoms with Gasteiger partial charge in [-0.3, -0.25) is 4.79 Å². The molecule has 69 valence electrons. The highest BCUT2D eigenvalue weighted by molar-refractivity contribution is 5.78. The van der Waals surface area contributed by atoms with Gasteiger partial charge in [0, 0.05) is 19.6 Å². The van der Waals surface area contributed by atoms with E-state index in [4.69, 9.17) is 5.11 Å². The number of carbonyl (C=O) groups excluding carboxylic acids is 1. The summed E-state index contributed by atoms with van der Waals surface area (Å²) in [4.78, 5) is 12.3. The van der Waals surface area contributed by atoms with Crippen molar-refractivity contribution in [3.8, 4) is 0 Å². The van der Waals surface area contributed by atoms with Crippen LogP contribution in [0.2, 0.25) is 0 Å². The van der Waals surface area contributed by atoms with Crippen LogP contribution in [0, 0.1) is 6.92 Å². The second kappa shape index (κ2) is 6.85. The van der Waals surface area contributed by atoms with Crippen molar-refractivity contribution >= 4 is 5.91 Å². The molecule has 12 heavy (non-hydrogen) atoms. The van der Waals surface area contributed by atoms with E-state index in [0.717, 1.165) is 13.0 Å². The first-order valence-electron chi connectivity index (χ1n) is 4.08. The van der Waals surface area contributed by atoms with Gasteiger partial charge in [0.15, 0.2) is 0 Å². The van der Waals surface area contributed by atoms with Gasteiger partial charge in [-0.05, 0) is 19.0 Å². The predicted molar refractivity (Wildman–Crippen MR) is 48.2 cm³/mol. The molecule has 1 radical (unpaired) electrons. The number of amides is 1. The molecule has 1 aliphatic rings. The van der Waals surface area contributed by atoms with E-state index in [0.29, 0.717) is 12.8 Å². The Morgan fingerprint density at radius 3 is 2.42 bits per heavy atom. The maximum Gasteiger partial charge on any atom is 0.226 e. The Labute approximate surface area is 73.7 Å². The number of aliphatic hydroxyl groups excluding tert-OH is 1. The number of aliphatic hydroxyl groups is 1. The second-order valence-electron chi connectivity index (χ2n) is 2.45. The molecule has 1 rings (SSSR count). The van der Waals surface area contributed by atoms with Crippen molar-refractivity contribution in [2.24, 2.45) is 0 Å². The summed E-state index contributed by atoms with van der Waals surface area (Å²) in [6, 6.07) is 0. The standard InChI is InChI=1S/C6H9NO.C3H7O/c1-2-7-5-3-4-6(7)8;1-2-3-4/h2H,1,3-5H2;4H,1-3H2. The monoisotopic (exact) mass is 170 g/mol. The normalized spacial score (nSPS) is 15.5. The quantitative estimate of drug-likeness (QED) is 0.670. The summed E-state index contributed by atoms with van der Waals surface area (Å²) >= 11 is 0. The summed E-state index contributed by atoms with van der Waals surface area (Å²) in [7, 11) is 0. The fraction of sp³-hybridized carbons (Fsp3) is 0.556. The maximum absolute atomic E-state index is 10.7. The maximum atomic E-state index is 10.7. The molecule has 1 saturated heterocycles. The lowest BCUT2D eigenvalue weighted by Gasteiger charge is -2.05. The molecule has 3 nitrogen and oxygen atoms in total. The summed E-state index contributed by atoms with van der Waals surface area (Å²) in [6.07, 6.45) is 3.91. The summed E-state index contributed by atoms with van der Waals surface area (Å²) in [5.74, 6) is 0.208. The van der Waals surface area contributed by atoms with Gasteiger partial charge in [-0.25, -0.2) is 0 Å². The van der Waals surface area contributed by atoms with Gasteiger partial charge in [-0.1, -0.05) is 13.5 Å². The molecule has 1 N–H and O–H groups in total. The fourth-order valence-electron chi connectivity index (χ4n) is 0.862. The van der Waals surface area contributed by atoms with Gasteiger partial charge in [-0.15, -0.1) is 0 Å². The van der Waals surface area contributed by atoms with E-state index in [1.54, 1.807) is 11.1 Å². The molecule has 0 bridgehead atoms. The molecule has 0 atom stereocenters. The zero-order valence-corrected chi connectivity index (χ0v) is 7.33. The minimum atomic E-state index is 0.208. The Bertz CT molecular complexity index is 143. The Kier molecular flexibility index (Phi) is 6.38. The van der Waals surface area contributed by atoms with Crippen LogP contribution in [0.3, 0.4) is 0 Å². The molecule has 0 aromatic rings. The van der Waals surface area contributed by atoms with E-state index in [-0.39, 0.29) is 12.5 Å². The molecular formula is C9H16NO2. The predicted octanol–water partition coefficient (Wildman–Crippen LogP) is 0.955. The lowest BCUT2D eigenvalue weighted by Crippen LogP contribution is -2.16. The molecule has 1 heterocycles. The van der Waals surface area contributed by atoms with Crippen LogP contribution < -0.4 is 0 Å². The van der Waals surface area contributed by atoms with Crippen LogP contribution in [0.5, 0.6) is 0 Å². The molecule has 0 unspecified atom stereocenters. The van der Waals surface area contributed by atoms with Gasteiger partial charge in [0.25, 0.3) is 0 Å². The molecule has 0 spiro atoms. The van der Waals surface area contributed by atoms with Crippen LogP contribution in [0.1, 0.15) is 19.3 Å². The molecule has 0 aromatic carbocycles. The van der Waals surface area contributed by atoms with Crippen molar-refractivity contribution in [2.75, 3.05) is 13.2 Å². The molecule has 0 saturated carbocycles. The highest BCUT2D eigenvalue weighted by Gasteiger charge is 2.15. The molecular weight excluding hydrogens is 154 g/mol. The smallest absolute Gasteiger partial charge is 0.226 e. The molecule has 0 aromatic heterocycles. The highest BCUT2D eigenvalue weighted by atomic mass is 16.2. The SMILES string of the molecule is C=CN1CCCC1=O.[CH2]CCO. The van der Waals surface area contributed by atoms with Gasteiger partial charge in [0.2, 0.25) is 5.91 Å². The third-order valence-electron chi connectivity index (χ3n) is 1.49. The summed E-state index contributed by atoms with van der Waals surface area (Å²) in [5.41, 5.74) is 0. The van der Waals surface area contributed by atoms with Crippen LogP contribution in [0.4, 0.5) is 0 Å². The Balaban J connectivity index is 0.000000261. The number of rotatable bonds is 2. The topological polar surface area (TPSA) is 40.5 Å². The molecule has 1 fully saturated rings. The summed E-state index contributed by atoms with van der Waals surface area (Å²) in [5, 5.41) is 7.81. The van der Waals surface area contributed by atoms with E-state index in [9.17, 15) is 4.79 Å². The number of carbonyl (C=O) groups is 1. The van der Waals surface area contributed by atoms with Crippen molar-refractivity contribution in [1.82, 2.24) is 4.90 Å². The van der Waals surface area contributed by atoms with E-state index < -0.39 is 0 Å². The van der Waals surface area contributed by atoms with E-state index in [1.807, 2.05) is 0 Å². The van der Waals surface area contributed by atoms with Crippen molar-refractivity contribution in [3.05, 3.63) is 19.7 Å². The van der Waals surface area contributed by atoms with Gasteiger partial charge in [0.05, 0.1) is 0 Å². The zero-order valence-electron chi connectivity index (χ0n) is 7.33. The second-order valence-corrected chi connectivity index (χ2v) is 2.45. The first-order chi connectivity index (χ1) is 5.76. The van der Waals surface area contributed by atoms with Gasteiger partial charge in [0.1, 0.15) is 0 Å². The Morgan fingerprint density at radius 2 is 2.25 bits per heavy atom. The largest absolute Gasteiger partial charge is 0.396 e. The van der Waals surface area contributed by atoms with E-state index in [2.05, 4.69) is 13.5 Å². The average Bonchev–Trinajstić information content (AvgIpc) is 2.51. The number of hydrogen-bond acceptors (Lipinski definition) is 2. The average molecular weight is 170 g/mol. The van der Waals surface area contributed by atoms with Gasteiger partial charge < -0.3 is 10.0 Å². The summed E-state index contributed by atoms with van der Waals surface area (Å²) in [6.45, 7) is 7.92. The van der Waals surface area contributed by atoms with Gasteiger partial charge >= 0.3 is 0 Å². The van der Waals surface area contributed by atoms with E-state index in [1.165, 1.54) is 0 Å². The third kappa shape index (κ3) is 4.13. The first kappa shape index (κ1) is 11.2.